The van der Waals surface area contributed by atoms with Crippen LogP contribution in [0.2, 0.25) is 5.02 Å². The number of hydrogen-bond acceptors (Lipinski definition) is 12. The maximum Gasteiger partial charge on any atom is 0.417 e. The Labute approximate surface area is 604 Å². The molecule has 103 heavy (non-hydrogen) atoms. The standard InChI is InChI=1S/C72H103ClF6N12O12/c1-12-15-16-22-52-63(96)83-60(43(4)13-2)64(97)81-45(6)65(98)91-38-33-54(91)68(101)86(9)55(40-47-25-29-48(30-26-47)71(74,75)76)67(100)84(7)42-57(92)82-51(32-28-46-27-31-49(50(73)39-46)72(77,78)79)66(99)90-37-21-23-53(90)62(95)80-34-18-17-24-58(93)88(11)61(44(5)14-3)70(103)87(10)56(41-59(94)85(52)8)69(102)89-35-19-20-36-89/h25-27,29-31,39,43-45,51-56,60-61H,12-24,28,32-38,40-42H2,1-11H3,(H,80,95)(H,81,97)(H,82,92)(H,83,96)/t43?,44-,45-,51-,52-,53-,54-,55-,56-,60-,61-/m0/s1. The molecule has 0 aromatic heterocycles. The molecule has 4 heterocycles. The van der Waals surface area contributed by atoms with Gasteiger partial charge in [-0.2, -0.15) is 26.3 Å². The molecule has 1 unspecified atom stereocenters. The first-order valence-electron chi connectivity index (χ1n) is 35.9. The van der Waals surface area contributed by atoms with E-state index in [1.165, 1.54) is 66.7 Å². The molecule has 24 nitrogen and oxygen atoms in total. The van der Waals surface area contributed by atoms with E-state index in [1.807, 2.05) is 13.8 Å². The zero-order valence-corrected chi connectivity index (χ0v) is 61.7. The second kappa shape index (κ2) is 37.6. The normalized spacial score (nSPS) is 25.6. The third-order valence-corrected chi connectivity index (χ3v) is 21.0. The highest BCUT2D eigenvalue weighted by Gasteiger charge is 2.47. The highest BCUT2D eigenvalue weighted by atomic mass is 35.5. The first kappa shape index (κ1) is 83.9. The number of benzene rings is 2. The fourth-order valence-electron chi connectivity index (χ4n) is 13.7. The van der Waals surface area contributed by atoms with Crippen LogP contribution in [0.15, 0.2) is 42.5 Å². The number of alkyl halides is 6. The first-order chi connectivity index (χ1) is 48.5. The summed E-state index contributed by atoms with van der Waals surface area (Å²) in [6.45, 7) is 10.5. The predicted molar refractivity (Wildman–Crippen MR) is 370 cm³/mol. The van der Waals surface area contributed by atoms with E-state index < -0.39 is 185 Å². The lowest BCUT2D eigenvalue weighted by Gasteiger charge is -2.44. The number of halogens is 7. The number of likely N-dealkylation sites (tertiary alicyclic amines) is 1. The molecule has 12 amide bonds. The summed E-state index contributed by atoms with van der Waals surface area (Å²) in [7, 11) is 6.76. The fourth-order valence-corrected chi connectivity index (χ4v) is 14.0. The molecule has 4 aliphatic heterocycles. The Bertz CT molecular complexity index is 3360. The van der Waals surface area contributed by atoms with Crippen LogP contribution in [-0.2, 0) is 82.7 Å². The maximum absolute atomic E-state index is 15.0. The fraction of sp³-hybridized carbons (Fsp3) is 0.667. The van der Waals surface area contributed by atoms with Crippen LogP contribution in [0.3, 0.4) is 0 Å². The quantitative estimate of drug-likeness (QED) is 0.119. The summed E-state index contributed by atoms with van der Waals surface area (Å²) in [6.07, 6.45) is -5.72. The van der Waals surface area contributed by atoms with E-state index >= 15 is 4.79 Å². The van der Waals surface area contributed by atoms with Gasteiger partial charge < -0.3 is 60.5 Å². The van der Waals surface area contributed by atoms with Gasteiger partial charge in [0.25, 0.3) is 0 Å². The Hall–Kier alpha value is -8.05. The highest BCUT2D eigenvalue weighted by molar-refractivity contribution is 6.31. The Morgan fingerprint density at radius 1 is 0.592 bits per heavy atom. The first-order valence-corrected chi connectivity index (χ1v) is 36.2. The summed E-state index contributed by atoms with van der Waals surface area (Å²) in [5.41, 5.74) is -1.71. The van der Waals surface area contributed by atoms with E-state index in [0.29, 0.717) is 58.0 Å². The van der Waals surface area contributed by atoms with Crippen LogP contribution in [-0.4, -0.2) is 239 Å². The minimum atomic E-state index is -4.79. The average Bonchev–Trinajstić information content (AvgIpc) is 1.16. The van der Waals surface area contributed by atoms with Gasteiger partial charge in [-0.05, 0) is 118 Å². The largest absolute Gasteiger partial charge is 0.417 e. The van der Waals surface area contributed by atoms with E-state index in [4.69, 9.17) is 11.6 Å². The van der Waals surface area contributed by atoms with Crippen molar-refractivity contribution in [3.05, 3.63) is 69.7 Å². The molecule has 0 radical (unpaired) electrons. The molecular weight excluding hydrogens is 1370 g/mol. The second-order valence-corrected chi connectivity index (χ2v) is 28.4. The van der Waals surface area contributed by atoms with E-state index in [0.717, 1.165) is 58.7 Å². The molecule has 572 valence electrons. The minimum absolute atomic E-state index is 0.00442. The summed E-state index contributed by atoms with van der Waals surface area (Å²) in [5.74, 6) is -9.39. The zero-order valence-electron chi connectivity index (χ0n) is 61.0. The smallest absolute Gasteiger partial charge is 0.354 e. The average molecular weight is 1480 g/mol. The van der Waals surface area contributed by atoms with Crippen molar-refractivity contribution in [2.45, 2.75) is 224 Å². The molecule has 0 aliphatic carbocycles. The molecule has 31 heteroatoms. The van der Waals surface area contributed by atoms with Crippen molar-refractivity contribution in [1.82, 2.24) is 60.5 Å². The van der Waals surface area contributed by atoms with Gasteiger partial charge in [-0.25, -0.2) is 0 Å². The third kappa shape index (κ3) is 21.8. The van der Waals surface area contributed by atoms with Crippen molar-refractivity contribution >= 4 is 82.5 Å². The third-order valence-electron chi connectivity index (χ3n) is 20.7. The number of aryl methyl sites for hydroxylation is 1. The van der Waals surface area contributed by atoms with Gasteiger partial charge in [-0.15, -0.1) is 0 Å². The van der Waals surface area contributed by atoms with E-state index in [9.17, 15) is 79.1 Å². The second-order valence-electron chi connectivity index (χ2n) is 28.0. The van der Waals surface area contributed by atoms with Crippen LogP contribution in [0.25, 0.3) is 0 Å². The molecule has 0 bridgehead atoms. The van der Waals surface area contributed by atoms with Crippen LogP contribution < -0.4 is 21.3 Å². The van der Waals surface area contributed by atoms with Gasteiger partial charge in [0.1, 0.15) is 54.4 Å². The van der Waals surface area contributed by atoms with Crippen LogP contribution in [0.1, 0.15) is 167 Å². The van der Waals surface area contributed by atoms with Crippen molar-refractivity contribution in [3.8, 4) is 0 Å². The topological polar surface area (TPSA) is 279 Å². The van der Waals surface area contributed by atoms with Crippen LogP contribution >= 0.6 is 11.6 Å². The molecule has 4 fully saturated rings. The van der Waals surface area contributed by atoms with Gasteiger partial charge in [0.15, 0.2) is 0 Å². The van der Waals surface area contributed by atoms with Crippen molar-refractivity contribution in [1.29, 1.82) is 0 Å². The lowest BCUT2D eigenvalue weighted by molar-refractivity contribution is -0.157. The molecule has 4 saturated heterocycles. The van der Waals surface area contributed by atoms with E-state index in [2.05, 4.69) is 21.3 Å². The summed E-state index contributed by atoms with van der Waals surface area (Å²) >= 11 is 6.08. The van der Waals surface area contributed by atoms with Crippen LogP contribution in [0, 0.1) is 11.8 Å². The Morgan fingerprint density at radius 2 is 1.23 bits per heavy atom. The van der Waals surface area contributed by atoms with Gasteiger partial charge in [-0.3, -0.25) is 57.5 Å². The predicted octanol–water partition coefficient (Wildman–Crippen LogP) is 6.37. The van der Waals surface area contributed by atoms with Gasteiger partial charge >= 0.3 is 12.4 Å². The number of likely N-dealkylation sites (N-methyl/N-ethyl adjacent to an activating group) is 5. The Morgan fingerprint density at radius 3 is 1.83 bits per heavy atom. The molecule has 0 spiro atoms. The van der Waals surface area contributed by atoms with Crippen molar-refractivity contribution in [3.63, 3.8) is 0 Å². The number of carbonyl (C=O) groups is 12. The van der Waals surface area contributed by atoms with Crippen molar-refractivity contribution < 1.29 is 83.9 Å². The lowest BCUT2D eigenvalue weighted by Crippen LogP contribution is -2.65. The molecule has 4 aliphatic rings. The van der Waals surface area contributed by atoms with Crippen molar-refractivity contribution in [2.24, 2.45) is 11.8 Å². The molecule has 11 atom stereocenters. The van der Waals surface area contributed by atoms with E-state index in [-0.39, 0.29) is 82.1 Å². The van der Waals surface area contributed by atoms with Gasteiger partial charge in [0, 0.05) is 80.8 Å². The number of unbranched alkanes of at least 4 members (excludes halogenated alkanes) is 2. The highest BCUT2D eigenvalue weighted by Crippen LogP contribution is 2.36. The number of hydrogen-bond donors (Lipinski definition) is 4. The monoisotopic (exact) mass is 1480 g/mol. The maximum atomic E-state index is 15.0. The Balaban J connectivity index is 1.37. The molecule has 2 aromatic carbocycles. The summed E-state index contributed by atoms with van der Waals surface area (Å²) < 4.78 is 82.7. The number of amides is 12. The van der Waals surface area contributed by atoms with Gasteiger partial charge in [0.2, 0.25) is 70.9 Å². The SMILES string of the molecule is CCCCC[C@H]1C(=O)N[C@@H](C(C)CC)C(=O)N[C@@H](C)C(=O)N2CC[C@H]2C(=O)N(C)[C@@H](Cc2ccc(C(F)(F)F)cc2)C(=O)N(C)CC(=O)N[C@@H](CCc2ccc(C(F)(F)F)c(Cl)c2)C(=O)N2CCC[C@H]2C(=O)NCCCCC(=O)N(C)[C@@H]([C@@H](C)CC)C(=O)N(C)[C@H](C(=O)N2CCCC2)CC(=O)N1C. The number of rotatable bonds is 14. The number of fused-ring (bicyclic) bond motifs is 2. The van der Waals surface area contributed by atoms with Crippen molar-refractivity contribution in [2.75, 3.05) is 74.5 Å². The summed E-state index contributed by atoms with van der Waals surface area (Å²) in [4.78, 5) is 185. The van der Waals surface area contributed by atoms with Crippen LogP contribution in [0.5, 0.6) is 0 Å². The Kier molecular flexibility index (Phi) is 30.6. The van der Waals surface area contributed by atoms with E-state index in [1.54, 1.807) is 25.7 Å². The molecular formula is C72H103ClF6N12O12. The van der Waals surface area contributed by atoms with Gasteiger partial charge in [-0.1, -0.05) is 96.5 Å². The molecule has 0 saturated carbocycles. The number of carbonyl (C=O) groups excluding carboxylic acids is 12. The zero-order chi connectivity index (χ0) is 76.5. The lowest BCUT2D eigenvalue weighted by atomic mass is 9.95. The number of nitrogens with one attached hydrogen (secondary N) is 4. The summed E-state index contributed by atoms with van der Waals surface area (Å²) in [5, 5.41) is 10.4. The molecule has 2 aromatic rings. The molecule has 4 N–H and O–H groups in total. The summed E-state index contributed by atoms with van der Waals surface area (Å²) in [6, 6.07) is -4.82. The molecule has 6 rings (SSSR count). The van der Waals surface area contributed by atoms with Gasteiger partial charge in [0.05, 0.1) is 29.1 Å². The number of nitrogens with zero attached hydrogens (tertiary/aromatic N) is 8. The van der Waals surface area contributed by atoms with Crippen LogP contribution in [0.4, 0.5) is 26.3 Å². The minimum Gasteiger partial charge on any atom is -0.354 e.